The van der Waals surface area contributed by atoms with Crippen LogP contribution in [0.5, 0.6) is 5.75 Å². The van der Waals surface area contributed by atoms with Crippen LogP contribution in [0.3, 0.4) is 0 Å². The Morgan fingerprint density at radius 3 is 2.88 bits per heavy atom. The Labute approximate surface area is 98.7 Å². The summed E-state index contributed by atoms with van der Waals surface area (Å²) in [6.07, 6.45) is -0.0654. The molecule has 0 bridgehead atoms. The van der Waals surface area contributed by atoms with Gasteiger partial charge in [0.05, 0.1) is 12.2 Å². The molecule has 88 valence electrons. The third-order valence-corrected chi connectivity index (χ3v) is 2.12. The molecule has 0 aliphatic heterocycles. The van der Waals surface area contributed by atoms with Crippen LogP contribution in [-0.2, 0) is 4.74 Å². The number of halogens is 1. The smallest absolute Gasteiger partial charge is 0.153 e. The molecule has 5 heteroatoms. The van der Waals surface area contributed by atoms with Gasteiger partial charge in [0, 0.05) is 12.1 Å². The highest BCUT2D eigenvalue weighted by atomic mass is 35.5. The van der Waals surface area contributed by atoms with Crippen molar-refractivity contribution in [2.24, 2.45) is 0 Å². The van der Waals surface area contributed by atoms with Crippen LogP contribution in [0.25, 0.3) is 0 Å². The van der Waals surface area contributed by atoms with Gasteiger partial charge in [-0.25, -0.2) is 0 Å². The van der Waals surface area contributed by atoms with E-state index < -0.39 is 6.10 Å². The molecule has 0 heterocycles. The molecule has 1 unspecified atom stereocenters. The Kier molecular flexibility index (Phi) is 5.25. The van der Waals surface area contributed by atoms with Crippen molar-refractivity contribution in [2.45, 2.75) is 6.10 Å². The van der Waals surface area contributed by atoms with Crippen LogP contribution in [0, 0.1) is 0 Å². The van der Waals surface area contributed by atoms with Crippen LogP contribution >= 0.6 is 11.6 Å². The first-order chi connectivity index (χ1) is 7.67. The van der Waals surface area contributed by atoms with Gasteiger partial charge >= 0.3 is 0 Å². The maximum absolute atomic E-state index is 10.7. The largest absolute Gasteiger partial charge is 0.490 e. The zero-order valence-corrected chi connectivity index (χ0v) is 9.61. The molecular formula is C11H13ClO4. The molecule has 0 aliphatic rings. The van der Waals surface area contributed by atoms with Crippen molar-refractivity contribution in [1.82, 2.24) is 0 Å². The van der Waals surface area contributed by atoms with E-state index in [2.05, 4.69) is 0 Å². The van der Waals surface area contributed by atoms with Crippen molar-refractivity contribution in [3.63, 3.8) is 0 Å². The zero-order valence-electron chi connectivity index (χ0n) is 8.85. The molecule has 1 rings (SSSR count). The van der Waals surface area contributed by atoms with Gasteiger partial charge in [-0.3, -0.25) is 4.79 Å². The number of carbonyl (C=O) groups excluding carboxylic acids is 1. The molecule has 0 saturated heterocycles. The first-order valence-corrected chi connectivity index (χ1v) is 5.09. The van der Waals surface area contributed by atoms with Gasteiger partial charge in [-0.1, -0.05) is 11.6 Å². The standard InChI is InChI=1S/C11H13ClO4/c1-15-6-10(14)7-16-11-3-2-9(12)4-8(11)5-13/h2-5,10,14H,6-7H2,1H3. The minimum Gasteiger partial charge on any atom is -0.490 e. The van der Waals surface area contributed by atoms with Gasteiger partial charge in [-0.2, -0.15) is 0 Å². The van der Waals surface area contributed by atoms with Gasteiger partial charge in [0.15, 0.2) is 6.29 Å². The van der Waals surface area contributed by atoms with E-state index in [1.165, 1.54) is 13.2 Å². The van der Waals surface area contributed by atoms with Crippen LogP contribution < -0.4 is 4.74 Å². The highest BCUT2D eigenvalue weighted by Crippen LogP contribution is 2.21. The van der Waals surface area contributed by atoms with Crippen molar-refractivity contribution in [1.29, 1.82) is 0 Å². The van der Waals surface area contributed by atoms with E-state index in [1.807, 2.05) is 0 Å². The number of aliphatic hydroxyl groups is 1. The minimum absolute atomic E-state index is 0.0658. The van der Waals surface area contributed by atoms with Crippen molar-refractivity contribution in [2.75, 3.05) is 20.3 Å². The lowest BCUT2D eigenvalue weighted by atomic mass is 10.2. The maximum atomic E-state index is 10.7. The third kappa shape index (κ3) is 3.81. The van der Waals surface area contributed by atoms with E-state index in [-0.39, 0.29) is 13.2 Å². The Morgan fingerprint density at radius 1 is 1.50 bits per heavy atom. The van der Waals surface area contributed by atoms with Gasteiger partial charge < -0.3 is 14.6 Å². The predicted octanol–water partition coefficient (Wildman–Crippen LogP) is 1.54. The van der Waals surface area contributed by atoms with E-state index in [0.717, 1.165) is 0 Å². The van der Waals surface area contributed by atoms with Crippen molar-refractivity contribution < 1.29 is 19.4 Å². The number of carbonyl (C=O) groups is 1. The summed E-state index contributed by atoms with van der Waals surface area (Å²) in [5, 5.41) is 9.83. The number of hydrogen-bond acceptors (Lipinski definition) is 4. The van der Waals surface area contributed by atoms with Crippen LogP contribution in [0.1, 0.15) is 10.4 Å². The fraction of sp³-hybridized carbons (Fsp3) is 0.364. The van der Waals surface area contributed by atoms with Gasteiger partial charge in [0.1, 0.15) is 18.5 Å². The van der Waals surface area contributed by atoms with Gasteiger partial charge in [-0.05, 0) is 18.2 Å². The monoisotopic (exact) mass is 244 g/mol. The highest BCUT2D eigenvalue weighted by Gasteiger charge is 2.08. The topological polar surface area (TPSA) is 55.8 Å². The van der Waals surface area contributed by atoms with E-state index in [1.54, 1.807) is 12.1 Å². The lowest BCUT2D eigenvalue weighted by molar-refractivity contribution is 0.0323. The number of ether oxygens (including phenoxy) is 2. The summed E-state index contributed by atoms with van der Waals surface area (Å²) in [5.74, 6) is 0.398. The van der Waals surface area contributed by atoms with Crippen molar-refractivity contribution in [3.8, 4) is 5.75 Å². The average Bonchev–Trinajstić information content (AvgIpc) is 2.27. The maximum Gasteiger partial charge on any atom is 0.153 e. The number of aldehydes is 1. The molecule has 0 radical (unpaired) electrons. The molecule has 16 heavy (non-hydrogen) atoms. The lowest BCUT2D eigenvalue weighted by Crippen LogP contribution is -2.22. The molecular weight excluding hydrogens is 232 g/mol. The summed E-state index contributed by atoms with van der Waals surface area (Å²) in [5.41, 5.74) is 0.358. The normalized spacial score (nSPS) is 12.2. The zero-order chi connectivity index (χ0) is 12.0. The Morgan fingerprint density at radius 2 is 2.25 bits per heavy atom. The summed E-state index contributed by atoms with van der Waals surface area (Å²) >= 11 is 5.72. The van der Waals surface area contributed by atoms with Crippen LogP contribution in [0.2, 0.25) is 5.02 Å². The van der Waals surface area contributed by atoms with E-state index in [0.29, 0.717) is 22.6 Å². The summed E-state index contributed by atoms with van der Waals surface area (Å²) in [6.45, 7) is 0.250. The Balaban J connectivity index is 2.62. The summed E-state index contributed by atoms with van der Waals surface area (Å²) in [6, 6.07) is 4.71. The third-order valence-electron chi connectivity index (χ3n) is 1.89. The summed E-state index contributed by atoms with van der Waals surface area (Å²) in [4.78, 5) is 10.7. The molecule has 0 saturated carbocycles. The highest BCUT2D eigenvalue weighted by molar-refractivity contribution is 6.30. The average molecular weight is 245 g/mol. The molecule has 4 nitrogen and oxygen atoms in total. The minimum atomic E-state index is -0.722. The number of rotatable bonds is 6. The van der Waals surface area contributed by atoms with Gasteiger partial charge in [-0.15, -0.1) is 0 Å². The fourth-order valence-electron chi connectivity index (χ4n) is 1.17. The Bertz CT molecular complexity index is 354. The van der Waals surface area contributed by atoms with Gasteiger partial charge in [0.25, 0.3) is 0 Å². The first kappa shape index (κ1) is 13.0. The fourth-order valence-corrected chi connectivity index (χ4v) is 1.35. The molecule has 1 aromatic rings. The molecule has 1 aromatic carbocycles. The van der Waals surface area contributed by atoms with E-state index in [4.69, 9.17) is 21.1 Å². The summed E-state index contributed by atoms with van der Waals surface area (Å²) in [7, 11) is 1.49. The molecule has 0 aromatic heterocycles. The number of benzene rings is 1. The SMILES string of the molecule is COCC(O)COc1ccc(Cl)cc1C=O. The molecule has 0 amide bonds. The molecule has 1 N–H and O–H groups in total. The number of aliphatic hydroxyl groups excluding tert-OH is 1. The molecule has 1 atom stereocenters. The van der Waals surface area contributed by atoms with Crippen molar-refractivity contribution >= 4 is 17.9 Å². The second-order valence-electron chi connectivity index (χ2n) is 3.22. The summed E-state index contributed by atoms with van der Waals surface area (Å²) < 4.78 is 10.0. The second kappa shape index (κ2) is 6.48. The van der Waals surface area contributed by atoms with Crippen LogP contribution in [0.15, 0.2) is 18.2 Å². The predicted molar refractivity (Wildman–Crippen MR) is 60.2 cm³/mol. The molecule has 0 fully saturated rings. The number of hydrogen-bond donors (Lipinski definition) is 1. The molecule has 0 aliphatic carbocycles. The van der Waals surface area contributed by atoms with E-state index in [9.17, 15) is 9.90 Å². The first-order valence-electron chi connectivity index (χ1n) is 4.72. The van der Waals surface area contributed by atoms with Crippen LogP contribution in [-0.4, -0.2) is 37.8 Å². The van der Waals surface area contributed by atoms with E-state index >= 15 is 0 Å². The second-order valence-corrected chi connectivity index (χ2v) is 3.66. The molecule has 0 spiro atoms. The number of methoxy groups -OCH3 is 1. The Hall–Kier alpha value is -1.10. The van der Waals surface area contributed by atoms with Crippen molar-refractivity contribution in [3.05, 3.63) is 28.8 Å². The lowest BCUT2D eigenvalue weighted by Gasteiger charge is -2.12. The quantitative estimate of drug-likeness (QED) is 0.772. The van der Waals surface area contributed by atoms with Crippen LogP contribution in [0.4, 0.5) is 0 Å². The van der Waals surface area contributed by atoms with Gasteiger partial charge in [0.2, 0.25) is 0 Å².